The van der Waals surface area contributed by atoms with Gasteiger partial charge in [-0.3, -0.25) is 0 Å². The highest BCUT2D eigenvalue weighted by atomic mass is 16.3. The van der Waals surface area contributed by atoms with Crippen molar-refractivity contribution in [3.8, 4) is 47.4 Å². The molecule has 0 atom stereocenters. The number of unbranched alkanes of at least 4 members (excludes halogenated alkanes) is 1. The molecule has 0 aromatic rings. The van der Waals surface area contributed by atoms with Crippen molar-refractivity contribution in [3.63, 3.8) is 0 Å². The topological polar surface area (TPSA) is 40.5 Å². The van der Waals surface area contributed by atoms with Gasteiger partial charge in [0.2, 0.25) is 0 Å². The lowest BCUT2D eigenvalue weighted by Crippen LogP contribution is -1.70. The Hall–Kier alpha value is -1.84. The van der Waals surface area contributed by atoms with Gasteiger partial charge in [0, 0.05) is 12.8 Å². The minimum atomic E-state index is -0.161. The summed E-state index contributed by atoms with van der Waals surface area (Å²) in [4.78, 5) is 0. The van der Waals surface area contributed by atoms with E-state index >= 15 is 0 Å². The molecule has 14 heavy (non-hydrogen) atoms. The Kier molecular flexibility index (Phi) is 9.69. The lowest BCUT2D eigenvalue weighted by Gasteiger charge is -1.74. The Morgan fingerprint density at radius 2 is 0.929 bits per heavy atom. The molecule has 0 amide bonds. The molecule has 0 aliphatic carbocycles. The van der Waals surface area contributed by atoms with Gasteiger partial charge in [-0.1, -0.05) is 23.7 Å². The molecule has 2 nitrogen and oxygen atoms in total. The monoisotopic (exact) mass is 186 g/mol. The van der Waals surface area contributed by atoms with E-state index < -0.39 is 0 Å². The molecule has 0 saturated heterocycles. The van der Waals surface area contributed by atoms with E-state index in [-0.39, 0.29) is 13.2 Å². The zero-order valence-corrected chi connectivity index (χ0v) is 7.72. The molecule has 0 aromatic heterocycles. The van der Waals surface area contributed by atoms with Crippen molar-refractivity contribution in [2.45, 2.75) is 12.8 Å². The van der Waals surface area contributed by atoms with Crippen LogP contribution in [0.15, 0.2) is 0 Å². The van der Waals surface area contributed by atoms with Gasteiger partial charge in [0.1, 0.15) is 13.2 Å². The first-order valence-corrected chi connectivity index (χ1v) is 4.05. The van der Waals surface area contributed by atoms with Gasteiger partial charge < -0.3 is 10.2 Å². The van der Waals surface area contributed by atoms with Crippen LogP contribution >= 0.6 is 0 Å². The highest BCUT2D eigenvalue weighted by molar-refractivity contribution is 5.28. The Balaban J connectivity index is 3.61. The highest BCUT2D eigenvalue weighted by Gasteiger charge is 1.71. The zero-order valence-electron chi connectivity index (χ0n) is 7.72. The lowest BCUT2D eigenvalue weighted by molar-refractivity contribution is 0.350. The molecule has 0 unspecified atom stereocenters. The van der Waals surface area contributed by atoms with Crippen LogP contribution in [-0.4, -0.2) is 23.4 Å². The summed E-state index contributed by atoms with van der Waals surface area (Å²) in [5.41, 5.74) is 0. The Bertz CT molecular complexity index is 337. The van der Waals surface area contributed by atoms with Crippen molar-refractivity contribution in [3.05, 3.63) is 0 Å². The molecule has 0 aliphatic heterocycles. The summed E-state index contributed by atoms with van der Waals surface area (Å²) in [6.45, 7) is -0.323. The van der Waals surface area contributed by atoms with E-state index in [1.165, 1.54) is 0 Å². The van der Waals surface area contributed by atoms with Crippen LogP contribution in [0, 0.1) is 47.4 Å². The fraction of sp³-hybridized carbons (Fsp3) is 0.333. The Morgan fingerprint density at radius 1 is 0.571 bits per heavy atom. The SMILES string of the molecule is OCC#CC#CCCC#CC#CCO. The van der Waals surface area contributed by atoms with E-state index in [1.807, 2.05) is 0 Å². The van der Waals surface area contributed by atoms with Crippen molar-refractivity contribution in [2.75, 3.05) is 13.2 Å². The highest BCUT2D eigenvalue weighted by Crippen LogP contribution is 1.81. The summed E-state index contributed by atoms with van der Waals surface area (Å²) in [7, 11) is 0. The Morgan fingerprint density at radius 3 is 1.29 bits per heavy atom. The van der Waals surface area contributed by atoms with Crippen LogP contribution in [0.5, 0.6) is 0 Å². The number of aliphatic hydroxyl groups excluding tert-OH is 2. The van der Waals surface area contributed by atoms with Gasteiger partial charge in [-0.25, -0.2) is 0 Å². The number of hydrogen-bond acceptors (Lipinski definition) is 2. The molecule has 0 fully saturated rings. The van der Waals surface area contributed by atoms with Gasteiger partial charge in [-0.2, -0.15) is 0 Å². The molecule has 0 rings (SSSR count). The van der Waals surface area contributed by atoms with Crippen LogP contribution in [0.2, 0.25) is 0 Å². The van der Waals surface area contributed by atoms with Crippen LogP contribution in [0.3, 0.4) is 0 Å². The van der Waals surface area contributed by atoms with E-state index in [2.05, 4.69) is 47.4 Å². The van der Waals surface area contributed by atoms with E-state index in [0.29, 0.717) is 12.8 Å². The summed E-state index contributed by atoms with van der Waals surface area (Å²) in [5, 5.41) is 16.6. The number of aliphatic hydroxyl groups is 2. The number of rotatable bonds is 1. The second-order valence-corrected chi connectivity index (χ2v) is 2.02. The first kappa shape index (κ1) is 12.2. The number of hydrogen-bond donors (Lipinski definition) is 2. The third kappa shape index (κ3) is 10.2. The third-order valence-electron chi connectivity index (χ3n) is 1.01. The van der Waals surface area contributed by atoms with Gasteiger partial charge in [-0.05, 0) is 23.7 Å². The minimum Gasteiger partial charge on any atom is -0.384 e. The van der Waals surface area contributed by atoms with Gasteiger partial charge >= 0.3 is 0 Å². The van der Waals surface area contributed by atoms with Gasteiger partial charge in [0.05, 0.1) is 0 Å². The van der Waals surface area contributed by atoms with Gasteiger partial charge in [0.25, 0.3) is 0 Å². The first-order valence-electron chi connectivity index (χ1n) is 4.05. The van der Waals surface area contributed by atoms with E-state index in [9.17, 15) is 0 Å². The minimum absolute atomic E-state index is 0.161. The van der Waals surface area contributed by atoms with Crippen LogP contribution in [0.25, 0.3) is 0 Å². The fourth-order valence-electron chi connectivity index (χ4n) is 0.506. The maximum absolute atomic E-state index is 8.29. The van der Waals surface area contributed by atoms with Crippen molar-refractivity contribution in [1.29, 1.82) is 0 Å². The van der Waals surface area contributed by atoms with E-state index in [0.717, 1.165) is 0 Å². The van der Waals surface area contributed by atoms with E-state index in [4.69, 9.17) is 10.2 Å². The van der Waals surface area contributed by atoms with Crippen molar-refractivity contribution in [2.24, 2.45) is 0 Å². The molecule has 0 spiro atoms. The molecule has 0 aliphatic rings. The van der Waals surface area contributed by atoms with Crippen LogP contribution < -0.4 is 0 Å². The van der Waals surface area contributed by atoms with Crippen molar-refractivity contribution in [1.82, 2.24) is 0 Å². The summed E-state index contributed by atoms with van der Waals surface area (Å²) in [6.07, 6.45) is 1.27. The van der Waals surface area contributed by atoms with Crippen molar-refractivity contribution < 1.29 is 10.2 Å². The average molecular weight is 186 g/mol. The van der Waals surface area contributed by atoms with Gasteiger partial charge in [0.15, 0.2) is 0 Å². The van der Waals surface area contributed by atoms with Crippen LogP contribution in [0.1, 0.15) is 12.8 Å². The molecule has 70 valence electrons. The van der Waals surface area contributed by atoms with Gasteiger partial charge in [-0.15, -0.1) is 0 Å². The summed E-state index contributed by atoms with van der Waals surface area (Å²) in [6, 6.07) is 0. The quantitative estimate of drug-likeness (QED) is 0.438. The smallest absolute Gasteiger partial charge is 0.105 e. The normalized spacial score (nSPS) is 6.14. The first-order chi connectivity index (χ1) is 6.91. The largest absolute Gasteiger partial charge is 0.384 e. The summed E-state index contributed by atoms with van der Waals surface area (Å²) < 4.78 is 0. The average Bonchev–Trinajstić information content (AvgIpc) is 2.21. The van der Waals surface area contributed by atoms with Crippen LogP contribution in [0.4, 0.5) is 0 Å². The predicted octanol–water partition coefficient (Wildman–Crippen LogP) is -0.235. The molecule has 0 saturated carbocycles. The molecule has 0 aromatic carbocycles. The molecular formula is C12H10O2. The standard InChI is InChI=1S/C12H10O2/c13-11-9-7-5-3-1-2-4-6-8-10-12-14/h13-14H,1-2,11-12H2. The lowest BCUT2D eigenvalue weighted by atomic mass is 10.3. The molecule has 0 bridgehead atoms. The maximum Gasteiger partial charge on any atom is 0.105 e. The molecular weight excluding hydrogens is 176 g/mol. The maximum atomic E-state index is 8.29. The van der Waals surface area contributed by atoms with E-state index in [1.54, 1.807) is 0 Å². The second-order valence-electron chi connectivity index (χ2n) is 2.02. The summed E-state index contributed by atoms with van der Waals surface area (Å²) >= 11 is 0. The third-order valence-corrected chi connectivity index (χ3v) is 1.01. The molecule has 2 N–H and O–H groups in total. The molecule has 0 radical (unpaired) electrons. The predicted molar refractivity (Wildman–Crippen MR) is 54.5 cm³/mol. The molecule has 2 heteroatoms. The summed E-state index contributed by atoms with van der Waals surface area (Å²) in [5.74, 6) is 20.5. The van der Waals surface area contributed by atoms with Crippen molar-refractivity contribution >= 4 is 0 Å². The molecule has 0 heterocycles. The zero-order chi connectivity index (χ0) is 10.5. The second kappa shape index (κ2) is 11.2. The fourth-order valence-corrected chi connectivity index (χ4v) is 0.506. The Labute approximate surface area is 84.3 Å². The van der Waals surface area contributed by atoms with Crippen LogP contribution in [-0.2, 0) is 0 Å².